The zero-order valence-electron chi connectivity index (χ0n) is 18.4. The third-order valence-corrected chi connectivity index (χ3v) is 10.5. The van der Waals surface area contributed by atoms with Gasteiger partial charge in [0, 0.05) is 0 Å². The van der Waals surface area contributed by atoms with Gasteiger partial charge in [-0.3, -0.25) is 0 Å². The summed E-state index contributed by atoms with van der Waals surface area (Å²) in [5.41, 5.74) is -0.361. The Bertz CT molecular complexity index is 632. The molecule has 4 fully saturated rings. The number of halogens is 3. The van der Waals surface area contributed by atoms with Gasteiger partial charge in [-0.05, 0) is 111 Å². The second-order valence-electron chi connectivity index (χ2n) is 11.9. The lowest BCUT2D eigenvalue weighted by molar-refractivity contribution is -0.228. The standard InChI is InChI=1S/C24H39F3O2/c1-14(20(28)24(25,26)27)17-7-8-18-16-6-5-15-13-21(2,29)11-12-22(15,3)19(16)9-10-23(17,18)4/h14-20,28-29H,5-13H2,1-4H3/t14-,15+,16?,17+,18-,19-,20?,21-,22-,23+/m0/s1. The quantitative estimate of drug-likeness (QED) is 0.583. The maximum atomic E-state index is 13.2. The largest absolute Gasteiger partial charge is 0.414 e. The number of hydrogen-bond donors (Lipinski definition) is 2. The summed E-state index contributed by atoms with van der Waals surface area (Å²) in [5, 5.41) is 20.6. The van der Waals surface area contributed by atoms with Crippen LogP contribution in [0.3, 0.4) is 0 Å². The van der Waals surface area contributed by atoms with E-state index in [2.05, 4.69) is 13.8 Å². The number of rotatable bonds is 2. The maximum Gasteiger partial charge on any atom is 0.414 e. The minimum absolute atomic E-state index is 0.0531. The van der Waals surface area contributed by atoms with Gasteiger partial charge in [0.05, 0.1) is 5.60 Å². The van der Waals surface area contributed by atoms with Crippen molar-refractivity contribution in [1.29, 1.82) is 0 Å². The van der Waals surface area contributed by atoms with E-state index >= 15 is 0 Å². The summed E-state index contributed by atoms with van der Waals surface area (Å²) in [6.45, 7) is 8.26. The van der Waals surface area contributed by atoms with E-state index in [4.69, 9.17) is 0 Å². The fourth-order valence-corrected chi connectivity index (χ4v) is 8.85. The first kappa shape index (κ1) is 21.9. The minimum Gasteiger partial charge on any atom is -0.390 e. The smallest absolute Gasteiger partial charge is 0.390 e. The van der Waals surface area contributed by atoms with Gasteiger partial charge in [0.2, 0.25) is 0 Å². The van der Waals surface area contributed by atoms with Gasteiger partial charge < -0.3 is 10.2 Å². The molecule has 2 N–H and O–H groups in total. The third kappa shape index (κ3) is 3.37. The van der Waals surface area contributed by atoms with Crippen LogP contribution in [0.25, 0.3) is 0 Å². The summed E-state index contributed by atoms with van der Waals surface area (Å²) in [7, 11) is 0. The average Bonchev–Trinajstić information content (AvgIpc) is 2.97. The van der Waals surface area contributed by atoms with Crippen molar-refractivity contribution in [1.82, 2.24) is 0 Å². The van der Waals surface area contributed by atoms with Crippen LogP contribution in [0.15, 0.2) is 0 Å². The summed E-state index contributed by atoms with van der Waals surface area (Å²) in [4.78, 5) is 0. The van der Waals surface area contributed by atoms with Gasteiger partial charge in [-0.15, -0.1) is 0 Å². The number of hydrogen-bond acceptors (Lipinski definition) is 2. The summed E-state index contributed by atoms with van der Waals surface area (Å²) < 4.78 is 39.6. The van der Waals surface area contributed by atoms with Crippen molar-refractivity contribution in [2.24, 2.45) is 46.3 Å². The highest BCUT2D eigenvalue weighted by Crippen LogP contribution is 2.69. The van der Waals surface area contributed by atoms with Crippen LogP contribution in [0.5, 0.6) is 0 Å². The molecule has 0 aromatic carbocycles. The Morgan fingerprint density at radius 1 is 0.862 bits per heavy atom. The molecule has 0 radical (unpaired) electrons. The summed E-state index contributed by atoms with van der Waals surface area (Å²) in [6.07, 6.45) is 2.29. The van der Waals surface area contributed by atoms with Crippen molar-refractivity contribution in [3.8, 4) is 0 Å². The van der Waals surface area contributed by atoms with Crippen molar-refractivity contribution < 1.29 is 23.4 Å². The molecule has 0 aliphatic heterocycles. The molecule has 0 saturated heterocycles. The summed E-state index contributed by atoms with van der Waals surface area (Å²) in [6, 6.07) is 0. The SMILES string of the molecule is C[C@H](C(O)C(F)(F)F)[C@H]1CC[C@H]2C3CC[C@@H]4C[C@@](C)(O)CC[C@]4(C)[C@H]3CC[C@]12C. The van der Waals surface area contributed by atoms with Crippen LogP contribution >= 0.6 is 0 Å². The van der Waals surface area contributed by atoms with Crippen molar-refractivity contribution in [3.05, 3.63) is 0 Å². The van der Waals surface area contributed by atoms with Gasteiger partial charge in [-0.25, -0.2) is 0 Å². The van der Waals surface area contributed by atoms with Crippen molar-refractivity contribution >= 4 is 0 Å². The first-order valence-electron chi connectivity index (χ1n) is 11.8. The Labute approximate surface area is 173 Å². The minimum atomic E-state index is -4.53. The molecule has 10 atom stereocenters. The molecule has 0 heterocycles. The van der Waals surface area contributed by atoms with Gasteiger partial charge >= 0.3 is 6.18 Å². The van der Waals surface area contributed by atoms with E-state index < -0.39 is 23.8 Å². The van der Waals surface area contributed by atoms with Crippen LogP contribution < -0.4 is 0 Å². The molecule has 2 nitrogen and oxygen atoms in total. The lowest BCUT2D eigenvalue weighted by Gasteiger charge is -2.62. The second-order valence-corrected chi connectivity index (χ2v) is 11.9. The molecule has 4 saturated carbocycles. The zero-order chi connectivity index (χ0) is 21.4. The van der Waals surface area contributed by atoms with Gasteiger partial charge in [0.25, 0.3) is 0 Å². The predicted octanol–water partition coefficient (Wildman–Crippen LogP) is 5.96. The summed E-state index contributed by atoms with van der Waals surface area (Å²) >= 11 is 0. The molecule has 0 amide bonds. The van der Waals surface area contributed by atoms with E-state index in [9.17, 15) is 23.4 Å². The van der Waals surface area contributed by atoms with E-state index in [1.807, 2.05) is 6.92 Å². The molecular weight excluding hydrogens is 377 g/mol. The fourth-order valence-electron chi connectivity index (χ4n) is 8.85. The Kier molecular flexibility index (Phi) is 5.18. The van der Waals surface area contributed by atoms with Crippen LogP contribution in [-0.4, -0.2) is 28.1 Å². The van der Waals surface area contributed by atoms with E-state index in [-0.39, 0.29) is 16.7 Å². The number of alkyl halides is 3. The Hall–Kier alpha value is -0.290. The molecule has 29 heavy (non-hydrogen) atoms. The predicted molar refractivity (Wildman–Crippen MR) is 107 cm³/mol. The third-order valence-electron chi connectivity index (χ3n) is 10.5. The van der Waals surface area contributed by atoms with Crippen molar-refractivity contribution in [2.45, 2.75) is 103 Å². The van der Waals surface area contributed by atoms with Gasteiger partial charge in [-0.1, -0.05) is 20.8 Å². The van der Waals surface area contributed by atoms with Crippen LogP contribution in [0.1, 0.15) is 85.5 Å². The summed E-state index contributed by atoms with van der Waals surface area (Å²) in [5.74, 6) is 1.49. The Morgan fingerprint density at radius 2 is 1.52 bits per heavy atom. The molecule has 2 unspecified atom stereocenters. The molecule has 4 aliphatic carbocycles. The highest BCUT2D eigenvalue weighted by molar-refractivity contribution is 5.11. The van der Waals surface area contributed by atoms with Crippen LogP contribution in [0.2, 0.25) is 0 Å². The van der Waals surface area contributed by atoms with Crippen LogP contribution in [-0.2, 0) is 0 Å². The van der Waals surface area contributed by atoms with Crippen molar-refractivity contribution in [3.63, 3.8) is 0 Å². The lowest BCUT2D eigenvalue weighted by Crippen LogP contribution is -2.56. The highest BCUT2D eigenvalue weighted by atomic mass is 19.4. The molecule has 0 bridgehead atoms. The molecule has 5 heteroatoms. The molecule has 168 valence electrons. The van der Waals surface area contributed by atoms with E-state index in [1.165, 1.54) is 0 Å². The van der Waals surface area contributed by atoms with E-state index in [0.717, 1.165) is 57.8 Å². The number of aliphatic hydroxyl groups is 2. The topological polar surface area (TPSA) is 40.5 Å². The van der Waals surface area contributed by atoms with Crippen molar-refractivity contribution in [2.75, 3.05) is 0 Å². The molecular formula is C24H39F3O2. The fraction of sp³-hybridized carbons (Fsp3) is 1.00. The molecule has 0 aromatic heterocycles. The Morgan fingerprint density at radius 3 is 2.17 bits per heavy atom. The monoisotopic (exact) mass is 416 g/mol. The van der Waals surface area contributed by atoms with Gasteiger partial charge in [-0.2, -0.15) is 13.2 Å². The first-order valence-corrected chi connectivity index (χ1v) is 11.8. The normalized spacial score (nSPS) is 52.2. The van der Waals surface area contributed by atoms with Crippen LogP contribution in [0, 0.1) is 46.3 Å². The zero-order valence-corrected chi connectivity index (χ0v) is 18.4. The lowest BCUT2D eigenvalue weighted by atomic mass is 9.43. The molecule has 0 aromatic rings. The highest BCUT2D eigenvalue weighted by Gasteiger charge is 2.62. The molecule has 0 spiro atoms. The first-order chi connectivity index (χ1) is 13.3. The second kappa shape index (κ2) is 6.85. The van der Waals surface area contributed by atoms with Gasteiger partial charge in [0.1, 0.15) is 0 Å². The number of aliphatic hydroxyl groups excluding tert-OH is 1. The molecule has 4 rings (SSSR count). The molecule has 4 aliphatic rings. The van der Waals surface area contributed by atoms with E-state index in [0.29, 0.717) is 23.7 Å². The Balaban J connectivity index is 1.55. The average molecular weight is 417 g/mol. The number of fused-ring (bicyclic) bond motifs is 5. The van der Waals surface area contributed by atoms with Crippen LogP contribution in [0.4, 0.5) is 13.2 Å². The van der Waals surface area contributed by atoms with Gasteiger partial charge in [0.15, 0.2) is 6.10 Å². The van der Waals surface area contributed by atoms with E-state index in [1.54, 1.807) is 6.92 Å². The maximum absolute atomic E-state index is 13.2.